The van der Waals surface area contributed by atoms with Crippen LogP contribution in [0.1, 0.15) is 32.6 Å². The summed E-state index contributed by atoms with van der Waals surface area (Å²) >= 11 is 0. The van der Waals surface area contributed by atoms with Crippen molar-refractivity contribution in [1.82, 2.24) is 4.90 Å². The molecule has 0 saturated carbocycles. The van der Waals surface area contributed by atoms with Crippen LogP contribution >= 0.6 is 0 Å². The summed E-state index contributed by atoms with van der Waals surface area (Å²) in [6.45, 7) is 5.52. The van der Waals surface area contributed by atoms with Gasteiger partial charge in [0.2, 0.25) is 10.0 Å². The number of piperidine rings is 1. The van der Waals surface area contributed by atoms with Gasteiger partial charge in [0.05, 0.1) is 4.90 Å². The van der Waals surface area contributed by atoms with Gasteiger partial charge in [0.1, 0.15) is 0 Å². The molecule has 6 heteroatoms. The molecule has 0 aliphatic carbocycles. The van der Waals surface area contributed by atoms with Crippen LogP contribution in [0, 0.1) is 0 Å². The minimum Gasteiger partial charge on any atom is -0.385 e. The van der Waals surface area contributed by atoms with E-state index < -0.39 is 10.0 Å². The highest BCUT2D eigenvalue weighted by Gasteiger charge is 2.16. The maximum absolute atomic E-state index is 11.2. The lowest BCUT2D eigenvalue weighted by Gasteiger charge is -2.33. The Labute approximate surface area is 127 Å². The van der Waals surface area contributed by atoms with Crippen LogP contribution in [-0.2, 0) is 10.0 Å². The fourth-order valence-corrected chi connectivity index (χ4v) is 3.28. The van der Waals surface area contributed by atoms with E-state index in [1.54, 1.807) is 12.1 Å². The summed E-state index contributed by atoms with van der Waals surface area (Å²) in [4.78, 5) is 2.70. The van der Waals surface area contributed by atoms with Crippen molar-refractivity contribution in [3.8, 4) is 0 Å². The topological polar surface area (TPSA) is 75.4 Å². The van der Waals surface area contributed by atoms with Gasteiger partial charge in [-0.2, -0.15) is 0 Å². The van der Waals surface area contributed by atoms with E-state index in [0.717, 1.165) is 25.2 Å². The summed E-state index contributed by atoms with van der Waals surface area (Å²) in [7, 11) is -3.60. The Hall–Kier alpha value is -1.11. The van der Waals surface area contributed by atoms with E-state index in [4.69, 9.17) is 5.14 Å². The lowest BCUT2D eigenvalue weighted by Crippen LogP contribution is -2.38. The molecule has 1 heterocycles. The Morgan fingerprint density at radius 1 is 1.29 bits per heavy atom. The number of nitrogens with two attached hydrogens (primary N) is 1. The van der Waals surface area contributed by atoms with Gasteiger partial charge in [-0.05, 0) is 57.0 Å². The predicted octanol–water partition coefficient (Wildman–Crippen LogP) is 2.01. The second-order valence-corrected chi connectivity index (χ2v) is 7.29. The number of anilines is 1. The molecule has 1 aliphatic rings. The minimum atomic E-state index is -3.60. The van der Waals surface area contributed by atoms with E-state index in [9.17, 15) is 8.42 Å². The number of nitrogens with one attached hydrogen (secondary N) is 1. The van der Waals surface area contributed by atoms with E-state index in [2.05, 4.69) is 17.1 Å². The van der Waals surface area contributed by atoms with Crippen LogP contribution in [0.25, 0.3) is 0 Å². The summed E-state index contributed by atoms with van der Waals surface area (Å²) in [5, 5.41) is 8.39. The van der Waals surface area contributed by atoms with Crippen LogP contribution in [0.4, 0.5) is 5.69 Å². The zero-order valence-electron chi connectivity index (χ0n) is 12.6. The molecule has 0 amide bonds. The van der Waals surface area contributed by atoms with Crippen molar-refractivity contribution in [2.45, 2.75) is 43.5 Å². The summed E-state index contributed by atoms with van der Waals surface area (Å²) in [6, 6.07) is 7.27. The molecule has 1 fully saturated rings. The Morgan fingerprint density at radius 2 is 2.00 bits per heavy atom. The van der Waals surface area contributed by atoms with Crippen molar-refractivity contribution in [3.63, 3.8) is 0 Å². The number of primary sulfonamides is 1. The van der Waals surface area contributed by atoms with E-state index in [-0.39, 0.29) is 4.90 Å². The molecule has 1 saturated heterocycles. The van der Waals surface area contributed by atoms with Crippen LogP contribution in [-0.4, -0.2) is 39.0 Å². The first-order valence-electron chi connectivity index (χ1n) is 7.57. The van der Waals surface area contributed by atoms with Crippen molar-refractivity contribution >= 4 is 15.7 Å². The van der Waals surface area contributed by atoms with Gasteiger partial charge in [0.25, 0.3) is 0 Å². The molecule has 0 radical (unpaired) electrons. The molecular formula is C15H25N3O2S. The summed E-state index contributed by atoms with van der Waals surface area (Å²) in [5.41, 5.74) is 0.925. The molecule has 1 aliphatic heterocycles. The number of rotatable bonds is 6. The second-order valence-electron chi connectivity index (χ2n) is 5.73. The van der Waals surface area contributed by atoms with Crippen molar-refractivity contribution in [1.29, 1.82) is 0 Å². The number of sulfonamides is 1. The predicted molar refractivity (Wildman–Crippen MR) is 85.8 cm³/mol. The third kappa shape index (κ3) is 4.98. The van der Waals surface area contributed by atoms with Crippen LogP contribution in [0.2, 0.25) is 0 Å². The van der Waals surface area contributed by atoms with Crippen molar-refractivity contribution < 1.29 is 8.42 Å². The molecule has 3 N–H and O–H groups in total. The molecule has 5 nitrogen and oxygen atoms in total. The van der Waals surface area contributed by atoms with Gasteiger partial charge in [-0.15, -0.1) is 0 Å². The summed E-state index contributed by atoms with van der Waals surface area (Å²) in [6.07, 6.45) is 5.06. The SMILES string of the molecule is CC1CCCCN1CCCNc1ccc(S(N)(=O)=O)cc1. The quantitative estimate of drug-likeness (QED) is 0.788. The van der Waals surface area contributed by atoms with Crippen LogP contribution in [0.3, 0.4) is 0 Å². The second kappa shape index (κ2) is 7.24. The van der Waals surface area contributed by atoms with Crippen LogP contribution in [0.15, 0.2) is 29.2 Å². The highest BCUT2D eigenvalue weighted by atomic mass is 32.2. The van der Waals surface area contributed by atoms with E-state index in [0.29, 0.717) is 6.04 Å². The first-order chi connectivity index (χ1) is 9.97. The number of likely N-dealkylation sites (tertiary alicyclic amines) is 1. The first kappa shape index (κ1) is 16.3. The molecule has 0 bridgehead atoms. The van der Waals surface area contributed by atoms with Gasteiger partial charge in [-0.3, -0.25) is 0 Å². The van der Waals surface area contributed by atoms with Crippen molar-refractivity contribution in [3.05, 3.63) is 24.3 Å². The van der Waals surface area contributed by atoms with Gasteiger partial charge in [0.15, 0.2) is 0 Å². The van der Waals surface area contributed by atoms with Crippen molar-refractivity contribution in [2.75, 3.05) is 25.0 Å². The molecule has 1 aromatic rings. The Bertz CT molecular complexity index is 543. The number of benzene rings is 1. The normalized spacial score (nSPS) is 20.4. The minimum absolute atomic E-state index is 0.148. The van der Waals surface area contributed by atoms with Gasteiger partial charge in [-0.25, -0.2) is 13.6 Å². The lowest BCUT2D eigenvalue weighted by molar-refractivity contribution is 0.160. The largest absolute Gasteiger partial charge is 0.385 e. The van der Waals surface area contributed by atoms with Gasteiger partial charge < -0.3 is 10.2 Å². The van der Waals surface area contributed by atoms with Crippen molar-refractivity contribution in [2.24, 2.45) is 5.14 Å². The molecule has 1 unspecified atom stereocenters. The van der Waals surface area contributed by atoms with E-state index in [1.165, 1.54) is 37.9 Å². The average molecular weight is 311 g/mol. The molecule has 1 aromatic carbocycles. The van der Waals surface area contributed by atoms with Crippen LogP contribution in [0.5, 0.6) is 0 Å². The van der Waals surface area contributed by atoms with Gasteiger partial charge in [0, 0.05) is 24.8 Å². The maximum atomic E-state index is 11.2. The molecular weight excluding hydrogens is 286 g/mol. The number of hydrogen-bond acceptors (Lipinski definition) is 4. The molecule has 21 heavy (non-hydrogen) atoms. The lowest BCUT2D eigenvalue weighted by atomic mass is 10.0. The number of nitrogens with zero attached hydrogens (tertiary/aromatic N) is 1. The highest BCUT2D eigenvalue weighted by molar-refractivity contribution is 7.89. The van der Waals surface area contributed by atoms with Crippen LogP contribution < -0.4 is 10.5 Å². The monoisotopic (exact) mass is 311 g/mol. The van der Waals surface area contributed by atoms with E-state index >= 15 is 0 Å². The fraction of sp³-hybridized carbons (Fsp3) is 0.600. The van der Waals surface area contributed by atoms with Gasteiger partial charge in [-0.1, -0.05) is 6.42 Å². The summed E-state index contributed by atoms with van der Waals surface area (Å²) in [5.74, 6) is 0. The Balaban J connectivity index is 1.73. The first-order valence-corrected chi connectivity index (χ1v) is 9.12. The maximum Gasteiger partial charge on any atom is 0.238 e. The fourth-order valence-electron chi connectivity index (χ4n) is 2.77. The molecule has 2 rings (SSSR count). The average Bonchev–Trinajstić information content (AvgIpc) is 2.45. The molecule has 0 aromatic heterocycles. The summed E-state index contributed by atoms with van der Waals surface area (Å²) < 4.78 is 22.3. The Kier molecular flexibility index (Phi) is 5.61. The molecule has 0 spiro atoms. The highest BCUT2D eigenvalue weighted by Crippen LogP contribution is 2.16. The zero-order valence-corrected chi connectivity index (χ0v) is 13.4. The molecule has 1 atom stereocenters. The van der Waals surface area contributed by atoms with Gasteiger partial charge >= 0.3 is 0 Å². The molecule has 118 valence electrons. The third-order valence-electron chi connectivity index (χ3n) is 4.07. The zero-order chi connectivity index (χ0) is 15.3. The standard InChI is InChI=1S/C15H25N3O2S/c1-13-5-2-3-11-18(13)12-4-10-17-14-6-8-15(9-7-14)21(16,19)20/h6-9,13,17H,2-5,10-12H2,1H3,(H2,16,19,20). The smallest absolute Gasteiger partial charge is 0.238 e. The third-order valence-corrected chi connectivity index (χ3v) is 5.00. The Morgan fingerprint density at radius 3 is 2.62 bits per heavy atom. The number of hydrogen-bond donors (Lipinski definition) is 2. The van der Waals surface area contributed by atoms with E-state index in [1.807, 2.05) is 0 Å².